The molecular formula is C41H54B2CoO6-. The van der Waals surface area contributed by atoms with Crippen LogP contribution in [-0.2, 0) is 44.9 Å². The van der Waals surface area contributed by atoms with Crippen molar-refractivity contribution in [3.63, 3.8) is 0 Å². The van der Waals surface area contributed by atoms with Gasteiger partial charge in [0.15, 0.2) is 6.29 Å². The summed E-state index contributed by atoms with van der Waals surface area (Å²) in [6, 6.07) is 21.1. The van der Waals surface area contributed by atoms with E-state index in [1.54, 1.807) is 0 Å². The van der Waals surface area contributed by atoms with Crippen molar-refractivity contribution in [3.05, 3.63) is 121 Å². The standard InChI is InChI=1S/C35H46B2O6.C5H5.CH3.Co/c1-32(2)33(3,4)41-36(40-32)26-23-27(39-28-21-15-16-22-38-28)31(37-42-34(5,6)35(7,8)43-37)30(25-19-13-10-14-20-25)29(26)24-17-11-9-12-18-24;1-2-4-5-3-1;;/h9-14,17-20,27-28H,15-16,21-23H2,1-8H3;1-5H;1H3;/q;;-1;/t27-,28?;;;/m0.../s1. The molecule has 2 aromatic rings. The molecule has 3 heterocycles. The van der Waals surface area contributed by atoms with Crippen LogP contribution in [0.5, 0.6) is 0 Å². The van der Waals surface area contributed by atoms with Gasteiger partial charge in [0, 0.05) is 29.8 Å². The van der Waals surface area contributed by atoms with Gasteiger partial charge in [0.1, 0.15) is 0 Å². The second kappa shape index (κ2) is 16.2. The van der Waals surface area contributed by atoms with Gasteiger partial charge in [0.05, 0.1) is 28.5 Å². The maximum absolute atomic E-state index is 6.94. The van der Waals surface area contributed by atoms with E-state index < -0.39 is 36.6 Å². The van der Waals surface area contributed by atoms with E-state index in [0.717, 1.165) is 52.5 Å². The Morgan fingerprint density at radius 2 is 1.10 bits per heavy atom. The van der Waals surface area contributed by atoms with Gasteiger partial charge in [-0.25, -0.2) is 0 Å². The zero-order valence-electron chi connectivity index (χ0n) is 31.3. The molecule has 2 aliphatic carbocycles. The molecule has 3 aliphatic heterocycles. The third-order valence-electron chi connectivity index (χ3n) is 10.8. The monoisotopic (exact) mass is 723 g/mol. The van der Waals surface area contributed by atoms with Crippen molar-refractivity contribution in [2.45, 2.75) is 116 Å². The van der Waals surface area contributed by atoms with Gasteiger partial charge in [-0.3, -0.25) is 0 Å². The molecule has 2 radical (unpaired) electrons. The van der Waals surface area contributed by atoms with Gasteiger partial charge >= 0.3 is 14.2 Å². The molecule has 2 atom stereocenters. The quantitative estimate of drug-likeness (QED) is 0.219. The molecule has 2 aromatic carbocycles. The van der Waals surface area contributed by atoms with Crippen molar-refractivity contribution in [1.29, 1.82) is 0 Å². The molecule has 0 bridgehead atoms. The van der Waals surface area contributed by atoms with Gasteiger partial charge in [-0.1, -0.05) is 85.0 Å². The topological polar surface area (TPSA) is 55.4 Å². The summed E-state index contributed by atoms with van der Waals surface area (Å²) in [5.41, 5.74) is 4.33. The van der Waals surface area contributed by atoms with Crippen molar-refractivity contribution in [2.24, 2.45) is 0 Å². The number of allylic oxidation sites excluding steroid dienone is 6. The van der Waals surface area contributed by atoms with Gasteiger partial charge in [-0.15, -0.1) is 0 Å². The molecule has 3 fully saturated rings. The van der Waals surface area contributed by atoms with Crippen LogP contribution in [0, 0.1) is 13.8 Å². The van der Waals surface area contributed by atoms with Crippen LogP contribution in [0.25, 0.3) is 11.1 Å². The average molecular weight is 723 g/mol. The fourth-order valence-electron chi connectivity index (χ4n) is 6.61. The summed E-state index contributed by atoms with van der Waals surface area (Å²) in [6.45, 7) is 17.5. The number of rotatable bonds is 6. The Labute approximate surface area is 312 Å². The van der Waals surface area contributed by atoms with Crippen molar-refractivity contribution < 1.29 is 44.9 Å². The van der Waals surface area contributed by atoms with Crippen molar-refractivity contribution in [3.8, 4) is 0 Å². The van der Waals surface area contributed by atoms with Crippen molar-refractivity contribution in [1.82, 2.24) is 0 Å². The summed E-state index contributed by atoms with van der Waals surface area (Å²) in [5.74, 6) is 0. The predicted molar refractivity (Wildman–Crippen MR) is 201 cm³/mol. The van der Waals surface area contributed by atoms with Gasteiger partial charge in [-0.05, 0) is 114 Å². The molecule has 0 spiro atoms. The van der Waals surface area contributed by atoms with E-state index in [-0.39, 0.29) is 36.6 Å². The summed E-state index contributed by atoms with van der Waals surface area (Å²) in [6.07, 6.45) is 12.9. The first-order valence-corrected chi connectivity index (χ1v) is 17.5. The number of hydrogen-bond donors (Lipinski definition) is 0. The van der Waals surface area contributed by atoms with E-state index in [1.807, 2.05) is 36.8 Å². The summed E-state index contributed by atoms with van der Waals surface area (Å²) in [7, 11) is -1.15. The number of hydrogen-bond acceptors (Lipinski definition) is 6. The minimum atomic E-state index is -0.604. The molecule has 0 aromatic heterocycles. The first-order chi connectivity index (χ1) is 22.8. The Morgan fingerprint density at radius 3 is 1.54 bits per heavy atom. The summed E-state index contributed by atoms with van der Waals surface area (Å²) >= 11 is 0. The molecular weight excluding hydrogens is 669 g/mol. The van der Waals surface area contributed by atoms with Crippen LogP contribution in [0.3, 0.4) is 0 Å². The largest absolute Gasteiger partial charge is 0.493 e. The molecule has 0 amide bonds. The molecule has 3 saturated heterocycles. The van der Waals surface area contributed by atoms with E-state index in [0.29, 0.717) is 13.0 Å². The van der Waals surface area contributed by atoms with E-state index in [1.165, 1.54) is 0 Å². The number of benzene rings is 2. The van der Waals surface area contributed by atoms with Crippen LogP contribution < -0.4 is 0 Å². The minimum Gasteiger partial charge on any atom is -0.400 e. The van der Waals surface area contributed by atoms with Crippen molar-refractivity contribution >= 4 is 25.4 Å². The third kappa shape index (κ3) is 8.37. The normalized spacial score (nSPS) is 25.9. The molecule has 7 rings (SSSR count). The first-order valence-electron chi connectivity index (χ1n) is 17.5. The Bertz CT molecular complexity index is 1520. The zero-order valence-corrected chi connectivity index (χ0v) is 32.3. The van der Waals surface area contributed by atoms with Crippen LogP contribution in [0.4, 0.5) is 0 Å². The number of ether oxygens (including phenoxy) is 2. The maximum atomic E-state index is 6.94. The average Bonchev–Trinajstić information content (AvgIpc) is 3.76. The Morgan fingerprint density at radius 1 is 0.620 bits per heavy atom. The Hall–Kier alpha value is -2.20. The van der Waals surface area contributed by atoms with E-state index in [9.17, 15) is 0 Å². The minimum absolute atomic E-state index is 0. The smallest absolute Gasteiger partial charge is 0.400 e. The molecule has 6 nitrogen and oxygen atoms in total. The fraction of sp³-hybridized carbons (Fsp3) is 0.463. The maximum Gasteiger partial charge on any atom is 0.493 e. The van der Waals surface area contributed by atoms with Crippen LogP contribution in [0.2, 0.25) is 0 Å². The molecule has 50 heavy (non-hydrogen) atoms. The second-order valence-electron chi connectivity index (χ2n) is 15.2. The van der Waals surface area contributed by atoms with Crippen LogP contribution >= 0.6 is 0 Å². The zero-order chi connectivity index (χ0) is 34.2. The van der Waals surface area contributed by atoms with Crippen LogP contribution in [0.15, 0.2) is 95.9 Å². The van der Waals surface area contributed by atoms with E-state index in [4.69, 9.17) is 28.1 Å². The van der Waals surface area contributed by atoms with Gasteiger partial charge < -0.3 is 35.5 Å². The third-order valence-corrected chi connectivity index (χ3v) is 10.8. The van der Waals surface area contributed by atoms with Crippen LogP contribution in [0.1, 0.15) is 92.2 Å². The molecule has 5 aliphatic rings. The first kappa shape index (κ1) is 40.6. The van der Waals surface area contributed by atoms with Crippen molar-refractivity contribution in [2.75, 3.05) is 6.61 Å². The summed E-state index contributed by atoms with van der Waals surface area (Å²) in [5, 5.41) is 0. The molecule has 9 heteroatoms. The SMILES string of the molecule is CC1(C)OB(C2=C(c3ccccc3)C(c3ccccc3)=C(B3OC(C)(C)C(C)(C)O3)[C@@H](OC3CCCCO3)C2)OC1(C)C.[CH3-].[CH]1C=CC=C1.[Co]. The Kier molecular flexibility index (Phi) is 13.2. The van der Waals surface area contributed by atoms with E-state index >= 15 is 0 Å². The summed E-state index contributed by atoms with van der Waals surface area (Å²) in [4.78, 5) is 0. The molecule has 270 valence electrons. The molecule has 0 N–H and O–H groups in total. The second-order valence-corrected chi connectivity index (χ2v) is 15.2. The summed E-state index contributed by atoms with van der Waals surface area (Å²) < 4.78 is 40.2. The van der Waals surface area contributed by atoms with Gasteiger partial charge in [0.2, 0.25) is 0 Å². The van der Waals surface area contributed by atoms with Crippen LogP contribution in [-0.4, -0.2) is 55.6 Å². The van der Waals surface area contributed by atoms with Gasteiger partial charge in [-0.2, -0.15) is 0 Å². The fourth-order valence-corrected chi connectivity index (χ4v) is 6.61. The van der Waals surface area contributed by atoms with E-state index in [2.05, 4.69) is 110 Å². The predicted octanol–water partition coefficient (Wildman–Crippen LogP) is 9.24. The Balaban J connectivity index is 0.000000739. The van der Waals surface area contributed by atoms with Gasteiger partial charge in [0.25, 0.3) is 0 Å². The molecule has 0 saturated carbocycles. The molecule has 1 unspecified atom stereocenters.